The standard InChI is InChI=1S/C19H27N5/c1-4-23-9-11-24(12-10-23)19-21-16(3)13-18(22-19)20-14-17-8-6-5-7-15(17)2/h5-8,13H,4,9-12,14H2,1-3H3,(H,20,21,22). The summed E-state index contributed by atoms with van der Waals surface area (Å²) in [7, 11) is 0. The third-order valence-electron chi connectivity index (χ3n) is 4.67. The molecule has 1 aliphatic heterocycles. The largest absolute Gasteiger partial charge is 0.366 e. The zero-order valence-electron chi connectivity index (χ0n) is 14.9. The highest BCUT2D eigenvalue weighted by atomic mass is 15.3. The first-order valence-corrected chi connectivity index (χ1v) is 8.77. The van der Waals surface area contributed by atoms with Crippen LogP contribution in [-0.2, 0) is 6.54 Å². The summed E-state index contributed by atoms with van der Waals surface area (Å²) in [5, 5.41) is 3.45. The van der Waals surface area contributed by atoms with E-state index in [-0.39, 0.29) is 0 Å². The number of nitrogens with zero attached hydrogens (tertiary/aromatic N) is 4. The van der Waals surface area contributed by atoms with Crippen LogP contribution in [0.5, 0.6) is 0 Å². The monoisotopic (exact) mass is 325 g/mol. The Morgan fingerprint density at radius 3 is 2.50 bits per heavy atom. The van der Waals surface area contributed by atoms with Gasteiger partial charge in [-0.15, -0.1) is 0 Å². The van der Waals surface area contributed by atoms with Crippen molar-refractivity contribution in [2.75, 3.05) is 42.9 Å². The Morgan fingerprint density at radius 1 is 1.04 bits per heavy atom. The van der Waals surface area contributed by atoms with Gasteiger partial charge in [-0.3, -0.25) is 0 Å². The van der Waals surface area contributed by atoms with Gasteiger partial charge < -0.3 is 15.1 Å². The van der Waals surface area contributed by atoms with Crippen molar-refractivity contribution in [1.82, 2.24) is 14.9 Å². The molecule has 3 rings (SSSR count). The Bertz CT molecular complexity index is 677. The lowest BCUT2D eigenvalue weighted by atomic mass is 10.1. The molecular weight excluding hydrogens is 298 g/mol. The maximum atomic E-state index is 4.74. The van der Waals surface area contributed by atoms with E-state index in [2.05, 4.69) is 58.2 Å². The molecule has 0 saturated carbocycles. The van der Waals surface area contributed by atoms with Crippen LogP contribution >= 0.6 is 0 Å². The lowest BCUT2D eigenvalue weighted by molar-refractivity contribution is 0.270. The predicted octanol–water partition coefficient (Wildman–Crippen LogP) is 2.85. The van der Waals surface area contributed by atoms with Crippen LogP contribution < -0.4 is 10.2 Å². The highest BCUT2D eigenvalue weighted by Gasteiger charge is 2.18. The van der Waals surface area contributed by atoms with Crippen LogP contribution in [-0.4, -0.2) is 47.6 Å². The lowest BCUT2D eigenvalue weighted by Gasteiger charge is -2.34. The molecule has 0 aliphatic carbocycles. The number of piperazine rings is 1. The molecular formula is C19H27N5. The summed E-state index contributed by atoms with van der Waals surface area (Å²) in [5.74, 6) is 1.75. The lowest BCUT2D eigenvalue weighted by Crippen LogP contribution is -2.46. The van der Waals surface area contributed by atoms with Crippen molar-refractivity contribution in [3.63, 3.8) is 0 Å². The predicted molar refractivity (Wildman–Crippen MR) is 99.6 cm³/mol. The number of aromatic nitrogens is 2. The zero-order valence-corrected chi connectivity index (χ0v) is 14.9. The van der Waals surface area contributed by atoms with Crippen molar-refractivity contribution < 1.29 is 0 Å². The minimum atomic E-state index is 0.784. The SMILES string of the molecule is CCN1CCN(c2nc(C)cc(NCc3ccccc3C)n2)CC1. The van der Waals surface area contributed by atoms with Gasteiger partial charge in [0.1, 0.15) is 5.82 Å². The second-order valence-electron chi connectivity index (χ2n) is 6.40. The van der Waals surface area contributed by atoms with Gasteiger partial charge in [0.25, 0.3) is 0 Å². The van der Waals surface area contributed by atoms with Gasteiger partial charge in [0.2, 0.25) is 5.95 Å². The van der Waals surface area contributed by atoms with Gasteiger partial charge >= 0.3 is 0 Å². The molecule has 128 valence electrons. The highest BCUT2D eigenvalue weighted by Crippen LogP contribution is 2.17. The maximum absolute atomic E-state index is 4.74. The quantitative estimate of drug-likeness (QED) is 0.916. The van der Waals surface area contributed by atoms with E-state index in [0.29, 0.717) is 0 Å². The van der Waals surface area contributed by atoms with E-state index in [9.17, 15) is 0 Å². The van der Waals surface area contributed by atoms with Crippen molar-refractivity contribution >= 4 is 11.8 Å². The summed E-state index contributed by atoms with van der Waals surface area (Å²) in [4.78, 5) is 14.1. The van der Waals surface area contributed by atoms with Crippen LogP contribution in [0.15, 0.2) is 30.3 Å². The summed E-state index contributed by atoms with van der Waals surface area (Å²) in [6.07, 6.45) is 0. The number of rotatable bonds is 5. The average molecular weight is 325 g/mol. The molecule has 0 unspecified atom stereocenters. The number of benzene rings is 1. The van der Waals surface area contributed by atoms with Gasteiger partial charge in [-0.05, 0) is 31.5 Å². The Morgan fingerprint density at radius 2 is 1.79 bits per heavy atom. The number of nitrogens with one attached hydrogen (secondary N) is 1. The smallest absolute Gasteiger partial charge is 0.227 e. The van der Waals surface area contributed by atoms with Gasteiger partial charge in [-0.2, -0.15) is 4.98 Å². The number of hydrogen-bond acceptors (Lipinski definition) is 5. The van der Waals surface area contributed by atoms with Gasteiger partial charge in [0.05, 0.1) is 0 Å². The third kappa shape index (κ3) is 4.03. The number of likely N-dealkylation sites (N-methyl/N-ethyl adjacent to an activating group) is 1. The van der Waals surface area contributed by atoms with Crippen LogP contribution in [0.1, 0.15) is 23.7 Å². The van der Waals surface area contributed by atoms with Crippen molar-refractivity contribution in [3.05, 3.63) is 47.2 Å². The fourth-order valence-corrected chi connectivity index (χ4v) is 3.04. The first-order valence-electron chi connectivity index (χ1n) is 8.77. The first kappa shape index (κ1) is 16.7. The van der Waals surface area contributed by atoms with E-state index in [1.165, 1.54) is 11.1 Å². The summed E-state index contributed by atoms with van der Waals surface area (Å²) < 4.78 is 0. The van der Waals surface area contributed by atoms with E-state index < -0.39 is 0 Å². The molecule has 0 radical (unpaired) electrons. The normalized spacial score (nSPS) is 15.5. The van der Waals surface area contributed by atoms with Crippen LogP contribution in [0.25, 0.3) is 0 Å². The Kier molecular flexibility index (Phi) is 5.30. The van der Waals surface area contributed by atoms with E-state index >= 15 is 0 Å². The van der Waals surface area contributed by atoms with Crippen molar-refractivity contribution in [3.8, 4) is 0 Å². The van der Waals surface area contributed by atoms with Crippen LogP contribution in [0.2, 0.25) is 0 Å². The Hall–Kier alpha value is -2.14. The number of anilines is 2. The van der Waals surface area contributed by atoms with E-state index in [1.807, 2.05) is 13.0 Å². The average Bonchev–Trinajstić information content (AvgIpc) is 2.61. The molecule has 5 nitrogen and oxygen atoms in total. The molecule has 2 aromatic rings. The molecule has 0 amide bonds. The van der Waals surface area contributed by atoms with Gasteiger partial charge in [-0.25, -0.2) is 4.98 Å². The number of hydrogen-bond donors (Lipinski definition) is 1. The minimum Gasteiger partial charge on any atom is -0.366 e. The molecule has 1 aliphatic rings. The third-order valence-corrected chi connectivity index (χ3v) is 4.67. The van der Waals surface area contributed by atoms with Crippen molar-refractivity contribution in [1.29, 1.82) is 0 Å². The Balaban J connectivity index is 1.69. The second kappa shape index (κ2) is 7.62. The Labute approximate surface area is 144 Å². The van der Waals surface area contributed by atoms with Gasteiger partial charge in [0.15, 0.2) is 0 Å². The molecule has 1 fully saturated rings. The maximum Gasteiger partial charge on any atom is 0.227 e. The fraction of sp³-hybridized carbons (Fsp3) is 0.474. The number of aryl methyl sites for hydroxylation is 2. The molecule has 5 heteroatoms. The first-order chi connectivity index (χ1) is 11.7. The van der Waals surface area contributed by atoms with Crippen LogP contribution in [0.3, 0.4) is 0 Å². The summed E-state index contributed by atoms with van der Waals surface area (Å²) in [5.41, 5.74) is 3.60. The van der Waals surface area contributed by atoms with Gasteiger partial charge in [-0.1, -0.05) is 31.2 Å². The van der Waals surface area contributed by atoms with Crippen molar-refractivity contribution in [2.45, 2.75) is 27.3 Å². The molecule has 24 heavy (non-hydrogen) atoms. The minimum absolute atomic E-state index is 0.784. The van der Waals surface area contributed by atoms with E-state index in [0.717, 1.165) is 56.7 Å². The topological polar surface area (TPSA) is 44.3 Å². The van der Waals surface area contributed by atoms with E-state index in [1.54, 1.807) is 0 Å². The fourth-order valence-electron chi connectivity index (χ4n) is 3.04. The zero-order chi connectivity index (χ0) is 16.9. The molecule has 1 saturated heterocycles. The molecule has 1 aromatic carbocycles. The summed E-state index contributed by atoms with van der Waals surface area (Å²) in [6.45, 7) is 12.4. The van der Waals surface area contributed by atoms with Crippen LogP contribution in [0.4, 0.5) is 11.8 Å². The van der Waals surface area contributed by atoms with Gasteiger partial charge in [0, 0.05) is 44.5 Å². The van der Waals surface area contributed by atoms with Crippen LogP contribution in [0, 0.1) is 13.8 Å². The van der Waals surface area contributed by atoms with E-state index in [4.69, 9.17) is 4.98 Å². The van der Waals surface area contributed by atoms with Crippen molar-refractivity contribution in [2.24, 2.45) is 0 Å². The summed E-state index contributed by atoms with van der Waals surface area (Å²) in [6, 6.07) is 10.5. The molecule has 2 heterocycles. The highest BCUT2D eigenvalue weighted by molar-refractivity contribution is 5.45. The molecule has 0 bridgehead atoms. The molecule has 0 spiro atoms. The molecule has 1 N–H and O–H groups in total. The molecule has 1 aromatic heterocycles. The summed E-state index contributed by atoms with van der Waals surface area (Å²) >= 11 is 0. The second-order valence-corrected chi connectivity index (χ2v) is 6.40. The molecule has 0 atom stereocenters.